The minimum atomic E-state index is -0.730. The van der Waals surface area contributed by atoms with Crippen molar-refractivity contribution in [2.75, 3.05) is 23.3 Å². The zero-order valence-corrected chi connectivity index (χ0v) is 17.9. The molecule has 1 atom stereocenters. The lowest BCUT2D eigenvalue weighted by Gasteiger charge is -2.37. The van der Waals surface area contributed by atoms with E-state index < -0.39 is 6.04 Å². The fourth-order valence-corrected chi connectivity index (χ4v) is 3.65. The number of anilines is 2. The minimum absolute atomic E-state index is 0.0492. The van der Waals surface area contributed by atoms with Crippen LogP contribution in [-0.2, 0) is 9.59 Å². The highest BCUT2D eigenvalue weighted by atomic mass is 16.2. The maximum absolute atomic E-state index is 13.2. The number of nitrogens with zero attached hydrogens (tertiary/aromatic N) is 1. The fourth-order valence-electron chi connectivity index (χ4n) is 3.65. The van der Waals surface area contributed by atoms with Gasteiger partial charge in [0.15, 0.2) is 0 Å². The molecular formula is C24H28N4O3. The van der Waals surface area contributed by atoms with Crippen LogP contribution in [-0.4, -0.2) is 30.8 Å². The third-order valence-corrected chi connectivity index (χ3v) is 5.84. The quantitative estimate of drug-likeness (QED) is 0.668. The van der Waals surface area contributed by atoms with E-state index in [1.165, 1.54) is 0 Å². The predicted molar refractivity (Wildman–Crippen MR) is 120 cm³/mol. The van der Waals surface area contributed by atoms with E-state index in [1.807, 2.05) is 44.2 Å². The predicted octanol–water partition coefficient (Wildman–Crippen LogP) is 2.84. The van der Waals surface area contributed by atoms with Gasteiger partial charge in [-0.2, -0.15) is 0 Å². The number of nitrogens with two attached hydrogens (primary N) is 1. The van der Waals surface area contributed by atoms with E-state index in [1.54, 1.807) is 23.1 Å². The summed E-state index contributed by atoms with van der Waals surface area (Å²) < 4.78 is 0. The van der Waals surface area contributed by atoms with Crippen LogP contribution in [0.3, 0.4) is 0 Å². The van der Waals surface area contributed by atoms with E-state index in [9.17, 15) is 14.4 Å². The van der Waals surface area contributed by atoms with Crippen LogP contribution in [0.5, 0.6) is 0 Å². The highest BCUT2D eigenvalue weighted by Gasteiger charge is 2.43. The van der Waals surface area contributed by atoms with E-state index in [4.69, 9.17) is 5.73 Å². The van der Waals surface area contributed by atoms with Gasteiger partial charge in [-0.3, -0.25) is 19.3 Å². The Morgan fingerprint density at radius 3 is 2.52 bits per heavy atom. The summed E-state index contributed by atoms with van der Waals surface area (Å²) in [6, 6.07) is 13.6. The van der Waals surface area contributed by atoms with Crippen LogP contribution >= 0.6 is 0 Å². The molecule has 0 aromatic heterocycles. The lowest BCUT2D eigenvalue weighted by Crippen LogP contribution is -2.46. The molecule has 1 unspecified atom stereocenters. The van der Waals surface area contributed by atoms with E-state index in [0.29, 0.717) is 30.0 Å². The maximum Gasteiger partial charge on any atom is 0.252 e. The first-order valence-electron chi connectivity index (χ1n) is 10.6. The molecule has 2 aromatic rings. The maximum atomic E-state index is 13.2. The summed E-state index contributed by atoms with van der Waals surface area (Å²) >= 11 is 0. The van der Waals surface area contributed by atoms with Gasteiger partial charge in [0.05, 0.1) is 11.4 Å². The Morgan fingerprint density at radius 2 is 1.87 bits per heavy atom. The fraction of sp³-hybridized carbons (Fsp3) is 0.375. The molecule has 1 aliphatic carbocycles. The number of nitrogens with one attached hydrogen (secondary N) is 2. The second-order valence-corrected chi connectivity index (χ2v) is 9.07. The molecule has 2 aromatic carbocycles. The zero-order chi connectivity index (χ0) is 22.2. The summed E-state index contributed by atoms with van der Waals surface area (Å²) in [5.41, 5.74) is 7.78. The first-order chi connectivity index (χ1) is 14.8. The monoisotopic (exact) mass is 420 g/mol. The Kier molecular flexibility index (Phi) is 5.54. The average Bonchev–Trinajstić information content (AvgIpc) is 3.62. The van der Waals surface area contributed by atoms with Crippen LogP contribution in [0.2, 0.25) is 0 Å². The van der Waals surface area contributed by atoms with Crippen molar-refractivity contribution in [2.24, 2.45) is 17.1 Å². The van der Waals surface area contributed by atoms with Gasteiger partial charge in [0.2, 0.25) is 5.91 Å². The molecule has 1 aliphatic heterocycles. The lowest BCUT2D eigenvalue weighted by molar-refractivity contribution is -0.124. The van der Waals surface area contributed by atoms with Gasteiger partial charge >= 0.3 is 0 Å². The molecule has 0 saturated heterocycles. The molecule has 4 rings (SSSR count). The molecule has 1 fully saturated rings. The van der Waals surface area contributed by atoms with E-state index in [-0.39, 0.29) is 29.1 Å². The van der Waals surface area contributed by atoms with Crippen molar-refractivity contribution >= 4 is 29.1 Å². The Labute approximate surface area is 182 Å². The van der Waals surface area contributed by atoms with Crippen molar-refractivity contribution in [1.29, 1.82) is 0 Å². The van der Waals surface area contributed by atoms with Crippen molar-refractivity contribution in [3.05, 3.63) is 59.7 Å². The van der Waals surface area contributed by atoms with Gasteiger partial charge in [0, 0.05) is 18.0 Å². The topological polar surface area (TPSA) is 105 Å². The number of rotatable bonds is 6. The molecule has 1 heterocycles. The normalized spacial score (nSPS) is 18.2. The van der Waals surface area contributed by atoms with Crippen LogP contribution in [0, 0.1) is 11.3 Å². The van der Waals surface area contributed by atoms with Crippen LogP contribution in [0.4, 0.5) is 11.4 Å². The molecule has 7 heteroatoms. The largest absolute Gasteiger partial charge is 0.351 e. The number of amides is 3. The molecule has 3 amide bonds. The van der Waals surface area contributed by atoms with Gasteiger partial charge in [-0.15, -0.1) is 0 Å². The molecule has 4 N–H and O–H groups in total. The highest BCUT2D eigenvalue weighted by molar-refractivity contribution is 6.14. The standard InChI is InChI=1S/C24H28N4O3/c1-24(2,13-25)14-26-21(29)17-10-11-19-18(12-17)27-22(30)20(15-6-4-3-5-7-15)28(19)23(31)16-8-9-16/h3-7,10-12,16,20H,8-9,13-14,25H2,1-2H3,(H,26,29)(H,27,30). The number of benzene rings is 2. The zero-order valence-electron chi connectivity index (χ0n) is 17.9. The van der Waals surface area contributed by atoms with Gasteiger partial charge in [0.25, 0.3) is 11.8 Å². The Hall–Kier alpha value is -3.19. The van der Waals surface area contributed by atoms with Gasteiger partial charge in [0.1, 0.15) is 6.04 Å². The van der Waals surface area contributed by atoms with Gasteiger partial charge in [-0.1, -0.05) is 44.2 Å². The number of hydrogen-bond donors (Lipinski definition) is 3. The smallest absolute Gasteiger partial charge is 0.252 e. The third-order valence-electron chi connectivity index (χ3n) is 5.84. The molecule has 7 nitrogen and oxygen atoms in total. The van der Waals surface area contributed by atoms with Crippen LogP contribution in [0.25, 0.3) is 0 Å². The average molecular weight is 421 g/mol. The summed E-state index contributed by atoms with van der Waals surface area (Å²) in [5, 5.41) is 5.79. The van der Waals surface area contributed by atoms with Crippen molar-refractivity contribution < 1.29 is 14.4 Å². The summed E-state index contributed by atoms with van der Waals surface area (Å²) in [5.74, 6) is -0.628. The SMILES string of the molecule is CC(C)(CN)CNC(=O)c1ccc2c(c1)NC(=O)C(c1ccccc1)N2C(=O)C1CC1. The second-order valence-electron chi connectivity index (χ2n) is 9.07. The summed E-state index contributed by atoms with van der Waals surface area (Å²) in [4.78, 5) is 40.5. The van der Waals surface area contributed by atoms with Crippen molar-refractivity contribution in [3.63, 3.8) is 0 Å². The van der Waals surface area contributed by atoms with Gasteiger partial charge < -0.3 is 16.4 Å². The number of fused-ring (bicyclic) bond motifs is 1. The highest BCUT2D eigenvalue weighted by Crippen LogP contribution is 2.43. The molecule has 2 aliphatic rings. The summed E-state index contributed by atoms with van der Waals surface area (Å²) in [6.45, 7) is 4.84. The van der Waals surface area contributed by atoms with E-state index in [2.05, 4.69) is 10.6 Å². The van der Waals surface area contributed by atoms with Crippen molar-refractivity contribution in [1.82, 2.24) is 5.32 Å². The number of hydrogen-bond acceptors (Lipinski definition) is 4. The number of carbonyl (C=O) groups is 3. The Balaban J connectivity index is 1.66. The summed E-state index contributed by atoms with van der Waals surface area (Å²) in [6.07, 6.45) is 1.68. The molecule has 1 saturated carbocycles. The molecule has 31 heavy (non-hydrogen) atoms. The molecule has 0 radical (unpaired) electrons. The van der Waals surface area contributed by atoms with Crippen molar-refractivity contribution in [3.8, 4) is 0 Å². The van der Waals surface area contributed by atoms with Gasteiger partial charge in [-0.25, -0.2) is 0 Å². The van der Waals surface area contributed by atoms with Crippen LogP contribution in [0.1, 0.15) is 48.7 Å². The van der Waals surface area contributed by atoms with Gasteiger partial charge in [-0.05, 0) is 48.6 Å². The molecule has 0 spiro atoms. The van der Waals surface area contributed by atoms with Crippen LogP contribution < -0.4 is 21.3 Å². The minimum Gasteiger partial charge on any atom is -0.351 e. The van der Waals surface area contributed by atoms with E-state index in [0.717, 1.165) is 18.4 Å². The summed E-state index contributed by atoms with van der Waals surface area (Å²) in [7, 11) is 0. The lowest BCUT2D eigenvalue weighted by atomic mass is 9.94. The first-order valence-corrected chi connectivity index (χ1v) is 10.6. The molecule has 0 bridgehead atoms. The van der Waals surface area contributed by atoms with Crippen molar-refractivity contribution in [2.45, 2.75) is 32.7 Å². The number of carbonyl (C=O) groups excluding carboxylic acids is 3. The first kappa shape index (κ1) is 21.1. The van der Waals surface area contributed by atoms with E-state index >= 15 is 0 Å². The second kappa shape index (κ2) is 8.15. The molecular weight excluding hydrogens is 392 g/mol. The Morgan fingerprint density at radius 1 is 1.16 bits per heavy atom. The molecule has 162 valence electrons. The Bertz CT molecular complexity index is 1010. The van der Waals surface area contributed by atoms with Crippen LogP contribution in [0.15, 0.2) is 48.5 Å². The third kappa shape index (κ3) is 4.32.